The van der Waals surface area contributed by atoms with Gasteiger partial charge in [-0.1, -0.05) is 32.9 Å². The molecular weight excluding hydrogens is 398 g/mol. The molecule has 7 nitrogen and oxygen atoms in total. The molecule has 7 heteroatoms. The normalized spacial score (nSPS) is 11.2. The number of rotatable bonds is 6. The molecule has 3 aromatic rings. The molecule has 1 aromatic heterocycles. The van der Waals surface area contributed by atoms with E-state index < -0.39 is 11.6 Å². The SMILES string of the molecule is CC(=O)Nc1ccc2c(COC(=O)COc3ccc(C(C)(C)C)cc3)cc(=O)oc2c1. The van der Waals surface area contributed by atoms with Crippen LogP contribution < -0.4 is 15.7 Å². The molecular formula is C24H25NO6. The summed E-state index contributed by atoms with van der Waals surface area (Å²) in [5.74, 6) is -0.225. The highest BCUT2D eigenvalue weighted by Crippen LogP contribution is 2.24. The summed E-state index contributed by atoms with van der Waals surface area (Å²) >= 11 is 0. The molecule has 3 rings (SSSR count). The van der Waals surface area contributed by atoms with Crippen LogP contribution in [0.5, 0.6) is 5.75 Å². The quantitative estimate of drug-likeness (QED) is 0.472. The molecule has 0 aliphatic heterocycles. The van der Waals surface area contributed by atoms with Crippen LogP contribution in [0, 0.1) is 0 Å². The molecule has 0 aliphatic carbocycles. The predicted octanol–water partition coefficient (Wildman–Crippen LogP) is 4.17. The Bertz CT molecular complexity index is 1160. The summed E-state index contributed by atoms with van der Waals surface area (Å²) in [4.78, 5) is 35.2. The lowest BCUT2D eigenvalue weighted by molar-refractivity contribution is -0.147. The zero-order valence-electron chi connectivity index (χ0n) is 18.0. The molecule has 0 aliphatic rings. The first-order valence-corrected chi connectivity index (χ1v) is 9.85. The standard InChI is InChI=1S/C24H25NO6/c1-15(26)25-18-7-10-20-16(11-22(27)31-21(20)12-18)13-30-23(28)14-29-19-8-5-17(6-9-19)24(2,3)4/h5-12H,13-14H2,1-4H3,(H,25,26). The summed E-state index contributed by atoms with van der Waals surface area (Å²) in [6.45, 7) is 7.39. The van der Waals surface area contributed by atoms with E-state index in [1.54, 1.807) is 18.2 Å². The summed E-state index contributed by atoms with van der Waals surface area (Å²) in [5.41, 5.74) is 1.92. The number of esters is 1. The van der Waals surface area contributed by atoms with Gasteiger partial charge >= 0.3 is 11.6 Å². The molecule has 0 spiro atoms. The van der Waals surface area contributed by atoms with Crippen molar-refractivity contribution < 1.29 is 23.5 Å². The number of benzene rings is 2. The molecule has 0 unspecified atom stereocenters. The molecule has 0 radical (unpaired) electrons. The van der Waals surface area contributed by atoms with E-state index in [4.69, 9.17) is 13.9 Å². The van der Waals surface area contributed by atoms with E-state index in [-0.39, 0.29) is 24.5 Å². The Kier molecular flexibility index (Phi) is 6.44. The van der Waals surface area contributed by atoms with E-state index in [9.17, 15) is 14.4 Å². The fraction of sp³-hybridized carbons (Fsp3) is 0.292. The van der Waals surface area contributed by atoms with Gasteiger partial charge in [0.05, 0.1) is 0 Å². The molecule has 0 saturated heterocycles. The topological polar surface area (TPSA) is 94.8 Å². The molecule has 31 heavy (non-hydrogen) atoms. The van der Waals surface area contributed by atoms with Crippen LogP contribution in [0.4, 0.5) is 5.69 Å². The molecule has 2 aromatic carbocycles. The average Bonchev–Trinajstić information content (AvgIpc) is 2.69. The van der Waals surface area contributed by atoms with E-state index in [2.05, 4.69) is 26.1 Å². The van der Waals surface area contributed by atoms with E-state index in [1.165, 1.54) is 18.6 Å². The van der Waals surface area contributed by atoms with E-state index in [1.807, 2.05) is 24.3 Å². The van der Waals surface area contributed by atoms with Gasteiger partial charge in [0, 0.05) is 35.7 Å². The van der Waals surface area contributed by atoms with Crippen molar-refractivity contribution in [1.82, 2.24) is 0 Å². The fourth-order valence-electron chi connectivity index (χ4n) is 3.02. The van der Waals surface area contributed by atoms with E-state index in [0.29, 0.717) is 28.0 Å². The predicted molar refractivity (Wildman–Crippen MR) is 117 cm³/mol. The van der Waals surface area contributed by atoms with Crippen LogP contribution in [-0.2, 0) is 26.3 Å². The van der Waals surface area contributed by atoms with Crippen molar-refractivity contribution in [2.75, 3.05) is 11.9 Å². The Hall–Kier alpha value is -3.61. The number of nitrogens with one attached hydrogen (secondary N) is 1. The minimum Gasteiger partial charge on any atom is -0.482 e. The maximum Gasteiger partial charge on any atom is 0.344 e. The van der Waals surface area contributed by atoms with Crippen molar-refractivity contribution in [3.8, 4) is 5.75 Å². The van der Waals surface area contributed by atoms with Crippen molar-refractivity contribution in [2.45, 2.75) is 39.7 Å². The third-order valence-electron chi connectivity index (χ3n) is 4.62. The smallest absolute Gasteiger partial charge is 0.344 e. The number of hydrogen-bond donors (Lipinski definition) is 1. The Balaban J connectivity index is 1.63. The second-order valence-corrected chi connectivity index (χ2v) is 8.21. The van der Waals surface area contributed by atoms with Gasteiger partial charge in [-0.05, 0) is 35.2 Å². The van der Waals surface area contributed by atoms with Crippen LogP contribution >= 0.6 is 0 Å². The lowest BCUT2D eigenvalue weighted by Gasteiger charge is -2.19. The summed E-state index contributed by atoms with van der Waals surface area (Å²) in [5, 5.41) is 3.24. The van der Waals surface area contributed by atoms with Crippen molar-refractivity contribution in [2.24, 2.45) is 0 Å². The Morgan fingerprint density at radius 1 is 1.03 bits per heavy atom. The van der Waals surface area contributed by atoms with Gasteiger partial charge in [-0.3, -0.25) is 4.79 Å². The summed E-state index contributed by atoms with van der Waals surface area (Å²) in [7, 11) is 0. The second kappa shape index (κ2) is 9.04. The summed E-state index contributed by atoms with van der Waals surface area (Å²) < 4.78 is 16.0. The van der Waals surface area contributed by atoms with Gasteiger partial charge in [-0.15, -0.1) is 0 Å². The Morgan fingerprint density at radius 3 is 2.39 bits per heavy atom. The molecule has 1 amide bonds. The van der Waals surface area contributed by atoms with Gasteiger partial charge in [-0.2, -0.15) is 0 Å². The maximum absolute atomic E-state index is 12.1. The zero-order valence-corrected chi connectivity index (χ0v) is 18.0. The number of ether oxygens (including phenoxy) is 2. The van der Waals surface area contributed by atoms with E-state index in [0.717, 1.165) is 0 Å². The lowest BCUT2D eigenvalue weighted by Crippen LogP contribution is -2.16. The third kappa shape index (κ3) is 5.94. The first-order valence-electron chi connectivity index (χ1n) is 9.85. The summed E-state index contributed by atoms with van der Waals surface area (Å²) in [6, 6.07) is 13.8. The van der Waals surface area contributed by atoms with Crippen molar-refractivity contribution in [3.05, 3.63) is 70.1 Å². The van der Waals surface area contributed by atoms with Crippen LogP contribution in [-0.4, -0.2) is 18.5 Å². The van der Waals surface area contributed by atoms with Crippen LogP contribution in [0.1, 0.15) is 38.8 Å². The highest BCUT2D eigenvalue weighted by molar-refractivity contribution is 5.92. The highest BCUT2D eigenvalue weighted by atomic mass is 16.6. The van der Waals surface area contributed by atoms with Gasteiger partial charge in [-0.25, -0.2) is 9.59 Å². The van der Waals surface area contributed by atoms with Crippen molar-refractivity contribution in [3.63, 3.8) is 0 Å². The number of hydrogen-bond acceptors (Lipinski definition) is 6. The highest BCUT2D eigenvalue weighted by Gasteiger charge is 2.14. The number of carbonyl (C=O) groups excluding carboxylic acids is 2. The van der Waals surface area contributed by atoms with Gasteiger partial charge < -0.3 is 19.2 Å². The third-order valence-corrected chi connectivity index (χ3v) is 4.62. The van der Waals surface area contributed by atoms with Crippen LogP contribution in [0.25, 0.3) is 11.0 Å². The second-order valence-electron chi connectivity index (χ2n) is 8.21. The number of carbonyl (C=O) groups is 2. The van der Waals surface area contributed by atoms with Gasteiger partial charge in [0.1, 0.15) is 17.9 Å². The average molecular weight is 423 g/mol. The lowest BCUT2D eigenvalue weighted by atomic mass is 9.87. The van der Waals surface area contributed by atoms with Crippen LogP contribution in [0.2, 0.25) is 0 Å². The van der Waals surface area contributed by atoms with Crippen LogP contribution in [0.15, 0.2) is 57.7 Å². The Labute approximate surface area is 180 Å². The van der Waals surface area contributed by atoms with Crippen molar-refractivity contribution in [1.29, 1.82) is 0 Å². The number of anilines is 1. The monoisotopic (exact) mass is 423 g/mol. The zero-order chi connectivity index (χ0) is 22.6. The minimum atomic E-state index is -0.575. The molecule has 1 N–H and O–H groups in total. The van der Waals surface area contributed by atoms with E-state index >= 15 is 0 Å². The van der Waals surface area contributed by atoms with Crippen LogP contribution in [0.3, 0.4) is 0 Å². The molecule has 1 heterocycles. The molecule has 0 saturated carbocycles. The van der Waals surface area contributed by atoms with Gasteiger partial charge in [0.15, 0.2) is 6.61 Å². The molecule has 0 bridgehead atoms. The first kappa shape index (κ1) is 22.1. The van der Waals surface area contributed by atoms with Gasteiger partial charge in [0.25, 0.3) is 0 Å². The fourth-order valence-corrected chi connectivity index (χ4v) is 3.02. The minimum absolute atomic E-state index is 0.0333. The molecule has 0 atom stereocenters. The number of amides is 1. The molecule has 162 valence electrons. The van der Waals surface area contributed by atoms with Gasteiger partial charge in [0.2, 0.25) is 5.91 Å². The van der Waals surface area contributed by atoms with Crippen molar-refractivity contribution >= 4 is 28.5 Å². The Morgan fingerprint density at radius 2 is 1.74 bits per heavy atom. The summed E-state index contributed by atoms with van der Waals surface area (Å²) in [6.07, 6.45) is 0. The molecule has 0 fully saturated rings. The maximum atomic E-state index is 12.1. The number of fused-ring (bicyclic) bond motifs is 1. The first-order chi connectivity index (χ1) is 14.6. The largest absolute Gasteiger partial charge is 0.482 e.